The van der Waals surface area contributed by atoms with E-state index in [1.807, 2.05) is 0 Å². The summed E-state index contributed by atoms with van der Waals surface area (Å²) in [5.41, 5.74) is 0.275. The Morgan fingerprint density at radius 1 is 1.33 bits per heavy atom. The van der Waals surface area contributed by atoms with Crippen LogP contribution in [-0.4, -0.2) is 11.7 Å². The molecule has 0 radical (unpaired) electrons. The van der Waals surface area contributed by atoms with Crippen LogP contribution in [0.4, 0.5) is 0 Å². The molecule has 0 saturated heterocycles. The molecule has 0 fully saturated rings. The van der Waals surface area contributed by atoms with E-state index in [1.54, 1.807) is 19.8 Å². The van der Waals surface area contributed by atoms with Gasteiger partial charge in [-0.1, -0.05) is 13.8 Å². The minimum absolute atomic E-state index is 0.0903. The maximum absolute atomic E-state index is 10.7. The summed E-state index contributed by atoms with van der Waals surface area (Å²) in [6.45, 7) is 3.50. The predicted octanol–water partition coefficient (Wildman–Crippen LogP) is 1.13. The molecule has 0 heterocycles. The third kappa shape index (κ3) is 2.24. The van der Waals surface area contributed by atoms with E-state index in [-0.39, 0.29) is 11.4 Å². The number of carbonyl (C=O) groups is 1. The van der Waals surface area contributed by atoms with E-state index in [0.717, 1.165) is 0 Å². The van der Waals surface area contributed by atoms with Crippen molar-refractivity contribution in [3.63, 3.8) is 0 Å². The third-order valence-electron chi connectivity index (χ3n) is 1.13. The molecule has 0 aliphatic heterocycles. The van der Waals surface area contributed by atoms with Gasteiger partial charge in [-0.3, -0.25) is 4.79 Å². The van der Waals surface area contributed by atoms with E-state index in [9.17, 15) is 9.59 Å². The molecule has 2 nitrogen and oxygen atoms in total. The minimum Gasteiger partial charge on any atom is -0.294 e. The topological polar surface area (TPSA) is 34.1 Å². The Balaban J connectivity index is 4.14. The quantitative estimate of drug-likeness (QED) is 0.419. The van der Waals surface area contributed by atoms with Crippen LogP contribution < -0.4 is 0 Å². The average Bonchev–Trinajstić information content (AvgIpc) is 1.90. The molecule has 0 unspecified atom stereocenters. The Hall–Kier alpha value is -0.880. The normalized spacial score (nSPS) is 8.22. The summed E-state index contributed by atoms with van der Waals surface area (Å²) < 4.78 is 0. The highest BCUT2D eigenvalue weighted by Crippen LogP contribution is 1.98. The second-order valence-corrected chi connectivity index (χ2v) is 1.71. The Morgan fingerprint density at radius 3 is 2.00 bits per heavy atom. The van der Waals surface area contributed by atoms with Crippen molar-refractivity contribution >= 4 is 11.7 Å². The van der Waals surface area contributed by atoms with E-state index in [0.29, 0.717) is 12.8 Å². The second-order valence-electron chi connectivity index (χ2n) is 1.71. The molecular formula is C7H10O2. The highest BCUT2D eigenvalue weighted by molar-refractivity contribution is 6.01. The minimum atomic E-state index is -0.0903. The van der Waals surface area contributed by atoms with Crippen molar-refractivity contribution in [2.24, 2.45) is 0 Å². The van der Waals surface area contributed by atoms with Gasteiger partial charge >= 0.3 is 0 Å². The zero-order chi connectivity index (χ0) is 7.28. The summed E-state index contributed by atoms with van der Waals surface area (Å²) in [4.78, 5) is 20.6. The fraction of sp³-hybridized carbons (Fsp3) is 0.571. The van der Waals surface area contributed by atoms with Gasteiger partial charge in [-0.15, -0.1) is 0 Å². The van der Waals surface area contributed by atoms with Crippen LogP contribution in [0.5, 0.6) is 0 Å². The number of hydrogen-bond donors (Lipinski definition) is 0. The van der Waals surface area contributed by atoms with Crippen molar-refractivity contribution in [2.45, 2.75) is 26.7 Å². The molecule has 0 aliphatic carbocycles. The van der Waals surface area contributed by atoms with E-state index in [2.05, 4.69) is 0 Å². The molecule has 0 aromatic rings. The molecule has 0 N–H and O–H groups in total. The van der Waals surface area contributed by atoms with Gasteiger partial charge in [-0.25, -0.2) is 4.79 Å². The van der Waals surface area contributed by atoms with Gasteiger partial charge in [0.2, 0.25) is 0 Å². The zero-order valence-corrected chi connectivity index (χ0v) is 5.73. The molecule has 0 amide bonds. The Morgan fingerprint density at radius 2 is 1.89 bits per heavy atom. The Bertz CT molecular complexity index is 152. The summed E-state index contributed by atoms with van der Waals surface area (Å²) in [6, 6.07) is 0. The highest BCUT2D eigenvalue weighted by atomic mass is 16.1. The lowest BCUT2D eigenvalue weighted by Crippen LogP contribution is -1.99. The first-order chi connectivity index (χ1) is 4.26. The van der Waals surface area contributed by atoms with Crippen molar-refractivity contribution in [1.82, 2.24) is 0 Å². The molecular weight excluding hydrogens is 116 g/mol. The van der Waals surface area contributed by atoms with Crippen molar-refractivity contribution < 1.29 is 9.59 Å². The smallest absolute Gasteiger partial charge is 0.169 e. The van der Waals surface area contributed by atoms with Crippen molar-refractivity contribution in [2.75, 3.05) is 0 Å². The first-order valence-electron chi connectivity index (χ1n) is 3.03. The van der Waals surface area contributed by atoms with Gasteiger partial charge in [-0.2, -0.15) is 0 Å². The molecule has 0 atom stereocenters. The average molecular weight is 126 g/mol. The van der Waals surface area contributed by atoms with Crippen LogP contribution in [-0.2, 0) is 9.59 Å². The Labute approximate surface area is 54.6 Å². The van der Waals surface area contributed by atoms with Crippen LogP contribution >= 0.6 is 0 Å². The number of carbonyl (C=O) groups excluding carboxylic acids is 2. The summed E-state index contributed by atoms with van der Waals surface area (Å²) >= 11 is 0. The van der Waals surface area contributed by atoms with Crippen molar-refractivity contribution in [3.05, 3.63) is 5.57 Å². The summed E-state index contributed by atoms with van der Waals surface area (Å²) in [5, 5.41) is 0. The maximum Gasteiger partial charge on any atom is 0.169 e. The fourth-order valence-electron chi connectivity index (χ4n) is 0.540. The van der Waals surface area contributed by atoms with Crippen LogP contribution in [0.1, 0.15) is 26.7 Å². The van der Waals surface area contributed by atoms with Gasteiger partial charge in [0.05, 0.1) is 5.57 Å². The standard InChI is InChI=1S/C7H10O2/c1-3-6(5-8)7(9)4-2/h3-4H2,1-2H3. The fourth-order valence-corrected chi connectivity index (χ4v) is 0.540. The van der Waals surface area contributed by atoms with Crippen LogP contribution in [0, 0.1) is 0 Å². The Kier molecular flexibility index (Phi) is 3.65. The van der Waals surface area contributed by atoms with Gasteiger partial charge in [0.15, 0.2) is 5.78 Å². The van der Waals surface area contributed by atoms with Crippen LogP contribution in [0.2, 0.25) is 0 Å². The summed E-state index contributed by atoms with van der Waals surface area (Å²) in [6.07, 6.45) is 0.897. The SMILES string of the molecule is CCC(=O)C(=C=O)CC. The molecule has 2 heteroatoms. The zero-order valence-electron chi connectivity index (χ0n) is 5.73. The number of rotatable bonds is 3. The van der Waals surface area contributed by atoms with Gasteiger partial charge in [-0.05, 0) is 6.42 Å². The largest absolute Gasteiger partial charge is 0.294 e. The summed E-state index contributed by atoms with van der Waals surface area (Å²) in [5.74, 6) is 1.53. The van der Waals surface area contributed by atoms with Crippen LogP contribution in [0.25, 0.3) is 0 Å². The predicted molar refractivity (Wildman–Crippen MR) is 34.8 cm³/mol. The molecule has 0 saturated carbocycles. The summed E-state index contributed by atoms with van der Waals surface area (Å²) in [7, 11) is 0. The molecule has 0 bridgehead atoms. The van der Waals surface area contributed by atoms with Crippen molar-refractivity contribution in [1.29, 1.82) is 0 Å². The molecule has 0 rings (SSSR count). The number of allylic oxidation sites excluding steroid dienone is 1. The molecule has 0 aromatic heterocycles. The molecule has 0 aliphatic rings. The first-order valence-corrected chi connectivity index (χ1v) is 3.03. The van der Waals surface area contributed by atoms with E-state index in [4.69, 9.17) is 0 Å². The van der Waals surface area contributed by atoms with Gasteiger partial charge in [0, 0.05) is 6.42 Å². The lowest BCUT2D eigenvalue weighted by atomic mass is 10.1. The first kappa shape index (κ1) is 8.12. The molecule has 0 aromatic carbocycles. The monoisotopic (exact) mass is 126 g/mol. The third-order valence-corrected chi connectivity index (χ3v) is 1.13. The van der Waals surface area contributed by atoms with Crippen LogP contribution in [0.15, 0.2) is 5.57 Å². The van der Waals surface area contributed by atoms with Gasteiger partial charge < -0.3 is 0 Å². The molecule has 50 valence electrons. The van der Waals surface area contributed by atoms with Crippen molar-refractivity contribution in [3.8, 4) is 0 Å². The second kappa shape index (κ2) is 4.04. The van der Waals surface area contributed by atoms with Gasteiger partial charge in [0.1, 0.15) is 5.94 Å². The van der Waals surface area contributed by atoms with Crippen LogP contribution in [0.3, 0.4) is 0 Å². The number of hydrogen-bond acceptors (Lipinski definition) is 2. The van der Waals surface area contributed by atoms with E-state index in [1.165, 1.54) is 0 Å². The van der Waals surface area contributed by atoms with E-state index >= 15 is 0 Å². The molecule has 9 heavy (non-hydrogen) atoms. The highest BCUT2D eigenvalue weighted by Gasteiger charge is 2.03. The number of Topliss-reactive ketones (excluding diaryl/α,β-unsaturated/α-hetero) is 1. The lowest BCUT2D eigenvalue weighted by molar-refractivity contribution is -0.115. The maximum atomic E-state index is 10.7. The lowest BCUT2D eigenvalue weighted by Gasteiger charge is -1.91. The van der Waals surface area contributed by atoms with Gasteiger partial charge in [0.25, 0.3) is 0 Å². The molecule has 0 spiro atoms. The van der Waals surface area contributed by atoms with E-state index < -0.39 is 0 Å². The number of ketones is 1.